The smallest absolute Gasteiger partial charge is 0.0594 e. The summed E-state index contributed by atoms with van der Waals surface area (Å²) in [6.45, 7) is 4.69. The molecule has 0 amide bonds. The van der Waals surface area contributed by atoms with Crippen molar-refractivity contribution in [3.05, 3.63) is 28.2 Å². The molecule has 0 atom stereocenters. The van der Waals surface area contributed by atoms with Crippen LogP contribution in [-0.4, -0.2) is 31.2 Å². The van der Waals surface area contributed by atoms with Gasteiger partial charge >= 0.3 is 0 Å². The summed E-state index contributed by atoms with van der Waals surface area (Å²) in [4.78, 5) is 2.39. The second kappa shape index (κ2) is 4.96. The summed E-state index contributed by atoms with van der Waals surface area (Å²) < 4.78 is 6.29. The number of nitrogens with two attached hydrogens (primary N) is 1. The number of nitrogens with zero attached hydrogens (tertiary/aromatic N) is 1. The molecule has 1 saturated heterocycles. The fourth-order valence-electron chi connectivity index (χ4n) is 1.69. The maximum atomic E-state index is 5.74. The van der Waals surface area contributed by atoms with Crippen molar-refractivity contribution in [1.82, 2.24) is 4.90 Å². The number of nitrogen functional groups attached to an aromatic ring is 1. The number of ether oxygens (including phenoxy) is 1. The zero-order chi connectivity index (χ0) is 10.7. The SMILES string of the molecule is Nc1ccc(CN2CCOCC2)cc1Br. The Bertz CT molecular complexity index is 337. The van der Waals surface area contributed by atoms with Crippen LogP contribution in [0.3, 0.4) is 0 Å². The van der Waals surface area contributed by atoms with E-state index in [-0.39, 0.29) is 0 Å². The van der Waals surface area contributed by atoms with Crippen LogP contribution in [0, 0.1) is 0 Å². The third-order valence-corrected chi connectivity index (χ3v) is 3.26. The predicted octanol–water partition coefficient (Wildman–Crippen LogP) is 1.86. The highest BCUT2D eigenvalue weighted by Gasteiger charge is 2.10. The van der Waals surface area contributed by atoms with E-state index in [2.05, 4.69) is 33.0 Å². The van der Waals surface area contributed by atoms with E-state index >= 15 is 0 Å². The molecule has 3 nitrogen and oxygen atoms in total. The van der Waals surface area contributed by atoms with Crippen LogP contribution in [0.15, 0.2) is 22.7 Å². The van der Waals surface area contributed by atoms with Gasteiger partial charge in [-0.3, -0.25) is 4.90 Å². The first-order valence-corrected chi connectivity index (χ1v) is 5.89. The van der Waals surface area contributed by atoms with Crippen molar-refractivity contribution in [1.29, 1.82) is 0 Å². The van der Waals surface area contributed by atoms with Gasteiger partial charge in [0.1, 0.15) is 0 Å². The molecule has 1 heterocycles. The molecule has 82 valence electrons. The number of anilines is 1. The van der Waals surface area contributed by atoms with Crippen molar-refractivity contribution >= 4 is 21.6 Å². The van der Waals surface area contributed by atoms with Crippen LogP contribution in [0.4, 0.5) is 5.69 Å². The first-order chi connectivity index (χ1) is 7.25. The van der Waals surface area contributed by atoms with Crippen LogP contribution < -0.4 is 5.73 Å². The Hall–Kier alpha value is -0.580. The van der Waals surface area contributed by atoms with Gasteiger partial charge in [-0.05, 0) is 33.6 Å². The predicted molar refractivity (Wildman–Crippen MR) is 64.7 cm³/mol. The normalized spacial score (nSPS) is 17.9. The van der Waals surface area contributed by atoms with Gasteiger partial charge < -0.3 is 10.5 Å². The molecule has 0 radical (unpaired) electrons. The minimum Gasteiger partial charge on any atom is -0.398 e. The number of morpholine rings is 1. The Balaban J connectivity index is 2.00. The van der Waals surface area contributed by atoms with Gasteiger partial charge in [0.2, 0.25) is 0 Å². The highest BCUT2D eigenvalue weighted by Crippen LogP contribution is 2.21. The molecule has 0 bridgehead atoms. The second-order valence-electron chi connectivity index (χ2n) is 3.74. The molecule has 0 spiro atoms. The van der Waals surface area contributed by atoms with Crippen LogP contribution in [0.2, 0.25) is 0 Å². The van der Waals surface area contributed by atoms with Crippen LogP contribution >= 0.6 is 15.9 Å². The van der Waals surface area contributed by atoms with Crippen LogP contribution in [0.1, 0.15) is 5.56 Å². The summed E-state index contributed by atoms with van der Waals surface area (Å²) in [5.41, 5.74) is 7.82. The first kappa shape index (κ1) is 10.9. The fraction of sp³-hybridized carbons (Fsp3) is 0.455. The lowest BCUT2D eigenvalue weighted by atomic mass is 10.2. The average Bonchev–Trinajstić information content (AvgIpc) is 2.25. The standard InChI is InChI=1S/C11H15BrN2O/c12-10-7-9(1-2-11(10)13)8-14-3-5-15-6-4-14/h1-2,7H,3-6,8,13H2. The average molecular weight is 271 g/mol. The van der Waals surface area contributed by atoms with Gasteiger partial charge in [-0.25, -0.2) is 0 Å². The molecular weight excluding hydrogens is 256 g/mol. The maximum Gasteiger partial charge on any atom is 0.0594 e. The third-order valence-electron chi connectivity index (χ3n) is 2.57. The van der Waals surface area contributed by atoms with Gasteiger partial charge in [-0.15, -0.1) is 0 Å². The molecule has 0 unspecified atom stereocenters. The van der Waals surface area contributed by atoms with Crippen LogP contribution in [0.25, 0.3) is 0 Å². The summed E-state index contributed by atoms with van der Waals surface area (Å²) in [5, 5.41) is 0. The van der Waals surface area contributed by atoms with E-state index in [1.807, 2.05) is 6.07 Å². The molecule has 0 aliphatic carbocycles. The molecule has 1 aromatic rings. The highest BCUT2D eigenvalue weighted by molar-refractivity contribution is 9.10. The number of hydrogen-bond donors (Lipinski definition) is 1. The Kier molecular flexibility index (Phi) is 3.61. The van der Waals surface area contributed by atoms with Gasteiger partial charge in [-0.2, -0.15) is 0 Å². The lowest BCUT2D eigenvalue weighted by Crippen LogP contribution is -2.35. The van der Waals surface area contributed by atoms with E-state index in [0.717, 1.165) is 43.0 Å². The minimum atomic E-state index is 0.792. The zero-order valence-corrected chi connectivity index (χ0v) is 10.2. The molecule has 1 aromatic carbocycles. The Morgan fingerprint density at radius 1 is 1.33 bits per heavy atom. The molecule has 1 aliphatic heterocycles. The Morgan fingerprint density at radius 2 is 2.07 bits per heavy atom. The van der Waals surface area contributed by atoms with Crippen molar-refractivity contribution < 1.29 is 4.74 Å². The maximum absolute atomic E-state index is 5.74. The van der Waals surface area contributed by atoms with E-state index in [0.29, 0.717) is 0 Å². The largest absolute Gasteiger partial charge is 0.398 e. The lowest BCUT2D eigenvalue weighted by Gasteiger charge is -2.26. The van der Waals surface area contributed by atoms with Crippen molar-refractivity contribution in [3.8, 4) is 0 Å². The molecule has 0 aromatic heterocycles. The monoisotopic (exact) mass is 270 g/mol. The molecule has 15 heavy (non-hydrogen) atoms. The minimum absolute atomic E-state index is 0.792. The van der Waals surface area contributed by atoms with Crippen LogP contribution in [-0.2, 0) is 11.3 Å². The summed E-state index contributed by atoms with van der Waals surface area (Å²) >= 11 is 3.44. The van der Waals surface area contributed by atoms with E-state index in [1.54, 1.807) is 0 Å². The van der Waals surface area contributed by atoms with E-state index in [1.165, 1.54) is 5.56 Å². The highest BCUT2D eigenvalue weighted by atomic mass is 79.9. The summed E-state index contributed by atoms with van der Waals surface area (Å²) in [6.07, 6.45) is 0. The number of rotatable bonds is 2. The zero-order valence-electron chi connectivity index (χ0n) is 8.58. The summed E-state index contributed by atoms with van der Waals surface area (Å²) in [7, 11) is 0. The molecule has 2 rings (SSSR count). The third kappa shape index (κ3) is 2.93. The number of benzene rings is 1. The van der Waals surface area contributed by atoms with Gasteiger partial charge in [0.15, 0.2) is 0 Å². The molecular formula is C11H15BrN2O. The van der Waals surface area contributed by atoms with Gasteiger partial charge in [0.25, 0.3) is 0 Å². The Morgan fingerprint density at radius 3 is 2.73 bits per heavy atom. The fourth-order valence-corrected chi connectivity index (χ4v) is 2.11. The summed E-state index contributed by atoms with van der Waals surface area (Å²) in [6, 6.07) is 6.11. The molecule has 1 aliphatic rings. The second-order valence-corrected chi connectivity index (χ2v) is 4.60. The molecule has 4 heteroatoms. The summed E-state index contributed by atoms with van der Waals surface area (Å²) in [5.74, 6) is 0. The van der Waals surface area contributed by atoms with Gasteiger partial charge in [-0.1, -0.05) is 6.07 Å². The van der Waals surface area contributed by atoms with Crippen molar-refractivity contribution in [2.75, 3.05) is 32.0 Å². The van der Waals surface area contributed by atoms with Crippen molar-refractivity contribution in [2.24, 2.45) is 0 Å². The van der Waals surface area contributed by atoms with Gasteiger partial charge in [0, 0.05) is 29.8 Å². The number of halogens is 1. The first-order valence-electron chi connectivity index (χ1n) is 5.10. The molecule has 0 saturated carbocycles. The van der Waals surface area contributed by atoms with Crippen molar-refractivity contribution in [2.45, 2.75) is 6.54 Å². The Labute approximate surface area is 98.3 Å². The lowest BCUT2D eigenvalue weighted by molar-refractivity contribution is 0.0342. The topological polar surface area (TPSA) is 38.5 Å². The molecule has 1 fully saturated rings. The molecule has 2 N–H and O–H groups in total. The van der Waals surface area contributed by atoms with E-state index in [9.17, 15) is 0 Å². The number of hydrogen-bond acceptors (Lipinski definition) is 3. The van der Waals surface area contributed by atoms with Gasteiger partial charge in [0.05, 0.1) is 13.2 Å². The van der Waals surface area contributed by atoms with E-state index < -0.39 is 0 Å². The van der Waals surface area contributed by atoms with Crippen molar-refractivity contribution in [3.63, 3.8) is 0 Å². The van der Waals surface area contributed by atoms with E-state index in [4.69, 9.17) is 10.5 Å². The van der Waals surface area contributed by atoms with Crippen LogP contribution in [0.5, 0.6) is 0 Å². The quantitative estimate of drug-likeness (QED) is 0.834.